The number of hydrogen-bond donors (Lipinski definition) is 1. The number of carbonyl (C=O) groups excluding carboxylic acids is 1. The smallest absolute Gasteiger partial charge is 0.338 e. The molecule has 28 heavy (non-hydrogen) atoms. The van der Waals surface area contributed by atoms with E-state index in [9.17, 15) is 9.59 Å². The number of fused-ring (bicyclic) bond motifs is 1. The summed E-state index contributed by atoms with van der Waals surface area (Å²) in [5, 5.41) is 4.19. The molecule has 3 aromatic rings. The molecule has 1 amide bonds. The lowest BCUT2D eigenvalue weighted by atomic mass is 10.1. The van der Waals surface area contributed by atoms with Gasteiger partial charge < -0.3 is 14.6 Å². The zero-order valence-electron chi connectivity index (χ0n) is 16.4. The maximum atomic E-state index is 12.6. The first-order valence-electron chi connectivity index (χ1n) is 9.64. The summed E-state index contributed by atoms with van der Waals surface area (Å²) < 4.78 is 5.22. The Morgan fingerprint density at radius 2 is 1.79 bits per heavy atom. The Kier molecular flexibility index (Phi) is 6.48. The molecule has 0 spiro atoms. The molecule has 0 aliphatic rings. The Labute approximate surface area is 165 Å². The van der Waals surface area contributed by atoms with Crippen molar-refractivity contribution >= 4 is 22.6 Å². The molecule has 1 heterocycles. The third-order valence-electron chi connectivity index (χ3n) is 4.59. The molecule has 5 nitrogen and oxygen atoms in total. The molecule has 0 radical (unpaired) electrons. The van der Waals surface area contributed by atoms with Crippen molar-refractivity contribution in [2.45, 2.75) is 26.8 Å². The van der Waals surface area contributed by atoms with Gasteiger partial charge in [0.15, 0.2) is 0 Å². The summed E-state index contributed by atoms with van der Waals surface area (Å²) in [5.41, 5.74) is 2.08. The normalized spacial score (nSPS) is 11.0. The van der Waals surface area contributed by atoms with Gasteiger partial charge in [0.1, 0.15) is 5.58 Å². The van der Waals surface area contributed by atoms with Crippen molar-refractivity contribution in [1.82, 2.24) is 4.90 Å². The summed E-state index contributed by atoms with van der Waals surface area (Å²) in [6, 6.07) is 19.0. The molecule has 1 aromatic heterocycles. The monoisotopic (exact) mass is 378 g/mol. The van der Waals surface area contributed by atoms with E-state index in [0.29, 0.717) is 25.2 Å². The second-order valence-corrected chi connectivity index (χ2v) is 7.16. The fraction of sp³-hybridized carbons (Fsp3) is 0.304. The highest BCUT2D eigenvalue weighted by atomic mass is 16.4. The highest BCUT2D eigenvalue weighted by Crippen LogP contribution is 2.21. The van der Waals surface area contributed by atoms with Crippen molar-refractivity contribution in [2.75, 3.05) is 18.4 Å². The van der Waals surface area contributed by atoms with Crippen molar-refractivity contribution < 1.29 is 9.21 Å². The van der Waals surface area contributed by atoms with Crippen molar-refractivity contribution in [1.29, 1.82) is 0 Å². The Bertz CT molecular complexity index is 980. The Morgan fingerprint density at radius 3 is 2.54 bits per heavy atom. The van der Waals surface area contributed by atoms with Gasteiger partial charge in [-0.3, -0.25) is 4.79 Å². The van der Waals surface area contributed by atoms with Crippen molar-refractivity contribution in [3.63, 3.8) is 0 Å². The number of nitrogens with one attached hydrogen (secondary N) is 1. The van der Waals surface area contributed by atoms with E-state index in [0.717, 1.165) is 23.1 Å². The molecule has 0 aliphatic carbocycles. The second kappa shape index (κ2) is 9.22. The molecule has 0 fully saturated rings. The van der Waals surface area contributed by atoms with Crippen LogP contribution in [-0.4, -0.2) is 23.9 Å². The van der Waals surface area contributed by atoms with Gasteiger partial charge in [0.25, 0.3) is 0 Å². The summed E-state index contributed by atoms with van der Waals surface area (Å²) in [7, 11) is 0. The average molecular weight is 378 g/mol. The molecular formula is C23H26N2O3. The molecule has 5 heteroatoms. The number of benzene rings is 2. The van der Waals surface area contributed by atoms with E-state index in [4.69, 9.17) is 4.42 Å². The van der Waals surface area contributed by atoms with Gasteiger partial charge in [-0.15, -0.1) is 0 Å². The van der Waals surface area contributed by atoms with Crippen LogP contribution in [0.2, 0.25) is 0 Å². The molecule has 1 N–H and O–H groups in total. The van der Waals surface area contributed by atoms with Crippen LogP contribution in [0, 0.1) is 5.92 Å². The molecular weight excluding hydrogens is 352 g/mol. The molecule has 0 atom stereocenters. The highest BCUT2D eigenvalue weighted by molar-refractivity contribution is 5.89. The van der Waals surface area contributed by atoms with Gasteiger partial charge >= 0.3 is 5.63 Å². The number of anilines is 1. The molecule has 146 valence electrons. The van der Waals surface area contributed by atoms with E-state index in [2.05, 4.69) is 5.32 Å². The molecule has 0 aliphatic heterocycles. The zero-order chi connectivity index (χ0) is 19.9. The van der Waals surface area contributed by atoms with Gasteiger partial charge in [0.05, 0.1) is 5.69 Å². The van der Waals surface area contributed by atoms with Crippen LogP contribution >= 0.6 is 0 Å². The summed E-state index contributed by atoms with van der Waals surface area (Å²) in [6.45, 7) is 5.76. The third kappa shape index (κ3) is 5.00. The van der Waals surface area contributed by atoms with Crippen LogP contribution in [0.25, 0.3) is 11.0 Å². The van der Waals surface area contributed by atoms with E-state index < -0.39 is 0 Å². The number of carbonyl (C=O) groups is 1. The number of amides is 1. The van der Waals surface area contributed by atoms with Gasteiger partial charge in [0, 0.05) is 37.0 Å². The topological polar surface area (TPSA) is 62.6 Å². The first-order chi connectivity index (χ1) is 13.5. The van der Waals surface area contributed by atoms with Crippen LogP contribution in [-0.2, 0) is 11.3 Å². The van der Waals surface area contributed by atoms with Gasteiger partial charge in [-0.2, -0.15) is 0 Å². The van der Waals surface area contributed by atoms with Crippen LogP contribution in [0.15, 0.2) is 69.9 Å². The van der Waals surface area contributed by atoms with Gasteiger partial charge in [-0.1, -0.05) is 56.3 Å². The van der Waals surface area contributed by atoms with Crippen LogP contribution in [0.4, 0.5) is 5.69 Å². The van der Waals surface area contributed by atoms with E-state index in [1.807, 2.05) is 67.3 Å². The van der Waals surface area contributed by atoms with Gasteiger partial charge in [0.2, 0.25) is 5.91 Å². The summed E-state index contributed by atoms with van der Waals surface area (Å²) in [6.07, 6.45) is 0.778. The van der Waals surface area contributed by atoms with Gasteiger partial charge in [-0.05, 0) is 24.1 Å². The molecule has 0 saturated carbocycles. The van der Waals surface area contributed by atoms with Crippen LogP contribution in [0.5, 0.6) is 0 Å². The SMILES string of the molecule is CC(C)C(=O)N(CCCNc1cc(=O)oc2ccccc12)Cc1ccccc1. The minimum absolute atomic E-state index is 0.0422. The summed E-state index contributed by atoms with van der Waals surface area (Å²) >= 11 is 0. The molecule has 0 unspecified atom stereocenters. The minimum atomic E-state index is -0.373. The predicted octanol–water partition coefficient (Wildman–Crippen LogP) is 4.28. The summed E-state index contributed by atoms with van der Waals surface area (Å²) in [4.78, 5) is 26.2. The second-order valence-electron chi connectivity index (χ2n) is 7.16. The summed E-state index contributed by atoms with van der Waals surface area (Å²) in [5.74, 6) is 0.106. The highest BCUT2D eigenvalue weighted by Gasteiger charge is 2.17. The first-order valence-corrected chi connectivity index (χ1v) is 9.64. The van der Waals surface area contributed by atoms with Crippen molar-refractivity contribution in [2.24, 2.45) is 5.92 Å². The van der Waals surface area contributed by atoms with E-state index >= 15 is 0 Å². The lowest BCUT2D eigenvalue weighted by Crippen LogP contribution is -2.35. The lowest BCUT2D eigenvalue weighted by molar-refractivity contribution is -0.135. The maximum absolute atomic E-state index is 12.6. The Balaban J connectivity index is 1.63. The average Bonchev–Trinajstić information content (AvgIpc) is 2.70. The molecule has 0 bridgehead atoms. The quantitative estimate of drug-likeness (QED) is 0.469. The van der Waals surface area contributed by atoms with Crippen molar-refractivity contribution in [3.8, 4) is 0 Å². The van der Waals surface area contributed by atoms with Crippen molar-refractivity contribution in [3.05, 3.63) is 76.6 Å². The van der Waals surface area contributed by atoms with Gasteiger partial charge in [-0.25, -0.2) is 4.79 Å². The lowest BCUT2D eigenvalue weighted by Gasteiger charge is -2.25. The number of nitrogens with zero attached hydrogens (tertiary/aromatic N) is 1. The first kappa shape index (κ1) is 19.7. The fourth-order valence-corrected chi connectivity index (χ4v) is 3.19. The minimum Gasteiger partial charge on any atom is -0.423 e. The number of hydrogen-bond acceptors (Lipinski definition) is 4. The predicted molar refractivity (Wildman–Crippen MR) is 112 cm³/mol. The fourth-order valence-electron chi connectivity index (χ4n) is 3.19. The third-order valence-corrected chi connectivity index (χ3v) is 4.59. The van der Waals surface area contributed by atoms with E-state index in [1.165, 1.54) is 6.07 Å². The molecule has 2 aromatic carbocycles. The largest absolute Gasteiger partial charge is 0.423 e. The van der Waals surface area contributed by atoms with Crippen LogP contribution < -0.4 is 10.9 Å². The van der Waals surface area contributed by atoms with Crippen LogP contribution in [0.1, 0.15) is 25.8 Å². The van der Waals surface area contributed by atoms with Crippen LogP contribution in [0.3, 0.4) is 0 Å². The zero-order valence-corrected chi connectivity index (χ0v) is 16.4. The number of para-hydroxylation sites is 1. The Hall–Kier alpha value is -3.08. The Morgan fingerprint density at radius 1 is 1.07 bits per heavy atom. The molecule has 0 saturated heterocycles. The molecule has 3 rings (SSSR count). The van der Waals surface area contributed by atoms with E-state index in [1.54, 1.807) is 6.07 Å². The van der Waals surface area contributed by atoms with E-state index in [-0.39, 0.29) is 17.5 Å². The number of rotatable bonds is 8. The maximum Gasteiger partial charge on any atom is 0.338 e. The standard InChI is InChI=1S/C23H26N2O3/c1-17(2)23(27)25(16-18-9-4-3-5-10-18)14-8-13-24-20-15-22(26)28-21-12-7-6-11-19(20)21/h3-7,9-12,15,17,24H,8,13-14,16H2,1-2H3.